The molecule has 0 amide bonds. The van der Waals surface area contributed by atoms with Gasteiger partial charge in [0.1, 0.15) is 0 Å². The van der Waals surface area contributed by atoms with Gasteiger partial charge in [0.2, 0.25) is 0 Å². The van der Waals surface area contributed by atoms with E-state index in [4.69, 9.17) is 6.42 Å². The van der Waals surface area contributed by atoms with E-state index >= 15 is 0 Å². The van der Waals surface area contributed by atoms with Gasteiger partial charge in [-0.15, -0.1) is 6.42 Å². The third-order valence-electron chi connectivity index (χ3n) is 1.60. The summed E-state index contributed by atoms with van der Waals surface area (Å²) in [6, 6.07) is 4.58. The maximum Gasteiger partial charge on any atom is 0.265 e. The Morgan fingerprint density at radius 1 is 1.42 bits per heavy atom. The van der Waals surface area contributed by atoms with Gasteiger partial charge in [0, 0.05) is 11.1 Å². The molecule has 1 aromatic carbocycles. The van der Waals surface area contributed by atoms with Crippen molar-refractivity contribution >= 4 is 0 Å². The lowest BCUT2D eigenvalue weighted by Gasteiger charge is -2.03. The first-order chi connectivity index (χ1) is 5.65. The maximum atomic E-state index is 12.3. The van der Waals surface area contributed by atoms with E-state index in [1.54, 1.807) is 12.1 Å². The maximum absolute atomic E-state index is 12.3. The van der Waals surface area contributed by atoms with Gasteiger partial charge >= 0.3 is 0 Å². The number of hydrogen-bond acceptors (Lipinski definition) is 0. The highest BCUT2D eigenvalue weighted by atomic mass is 19.3. The summed E-state index contributed by atoms with van der Waals surface area (Å²) < 4.78 is 24.5. The van der Waals surface area contributed by atoms with Crippen molar-refractivity contribution in [1.29, 1.82) is 0 Å². The minimum atomic E-state index is -2.49. The molecule has 0 heterocycles. The molecule has 0 aromatic heterocycles. The van der Waals surface area contributed by atoms with Gasteiger partial charge in [-0.25, -0.2) is 8.78 Å². The summed E-state index contributed by atoms with van der Waals surface area (Å²) in [5.74, 6) is 2.24. The standard InChI is InChI=1S/C10H8F2/c1-3-8-6-7(2)4-5-9(8)10(11)12/h1,4-6,10H,2H3. The second-order valence-electron chi connectivity index (χ2n) is 2.54. The molecule has 0 atom stereocenters. The second kappa shape index (κ2) is 3.36. The number of aryl methyl sites for hydroxylation is 1. The lowest BCUT2D eigenvalue weighted by atomic mass is 10.1. The number of terminal acetylenes is 1. The fraction of sp³-hybridized carbons (Fsp3) is 0.200. The fourth-order valence-electron chi connectivity index (χ4n) is 0.985. The van der Waals surface area contributed by atoms with Crippen LogP contribution in [0.25, 0.3) is 0 Å². The summed E-state index contributed by atoms with van der Waals surface area (Å²) in [6.07, 6.45) is 2.58. The van der Waals surface area contributed by atoms with Crippen LogP contribution in [0.3, 0.4) is 0 Å². The Bertz CT molecular complexity index is 321. The molecule has 0 radical (unpaired) electrons. The third kappa shape index (κ3) is 1.62. The molecular weight excluding hydrogens is 158 g/mol. The van der Waals surface area contributed by atoms with Crippen molar-refractivity contribution in [2.24, 2.45) is 0 Å². The third-order valence-corrected chi connectivity index (χ3v) is 1.60. The first kappa shape index (κ1) is 8.73. The fourth-order valence-corrected chi connectivity index (χ4v) is 0.985. The number of hydrogen-bond donors (Lipinski definition) is 0. The highest BCUT2D eigenvalue weighted by molar-refractivity contribution is 5.42. The molecule has 0 aliphatic rings. The molecule has 0 saturated carbocycles. The van der Waals surface area contributed by atoms with Gasteiger partial charge < -0.3 is 0 Å². The van der Waals surface area contributed by atoms with E-state index in [9.17, 15) is 8.78 Å². The quantitative estimate of drug-likeness (QED) is 0.563. The first-order valence-corrected chi connectivity index (χ1v) is 3.50. The number of benzene rings is 1. The zero-order valence-electron chi connectivity index (χ0n) is 6.64. The van der Waals surface area contributed by atoms with Gasteiger partial charge in [-0.1, -0.05) is 18.1 Å². The van der Waals surface area contributed by atoms with Gasteiger partial charge in [-0.2, -0.15) is 0 Å². The van der Waals surface area contributed by atoms with Crippen LogP contribution in [0.2, 0.25) is 0 Å². The van der Waals surface area contributed by atoms with Gasteiger partial charge in [-0.3, -0.25) is 0 Å². The molecule has 1 aromatic rings. The van der Waals surface area contributed by atoms with E-state index in [0.29, 0.717) is 0 Å². The van der Waals surface area contributed by atoms with Gasteiger partial charge in [-0.05, 0) is 18.6 Å². The Kier molecular flexibility index (Phi) is 2.44. The van der Waals surface area contributed by atoms with Crippen LogP contribution in [0.4, 0.5) is 8.78 Å². The molecule has 2 heteroatoms. The van der Waals surface area contributed by atoms with E-state index in [1.165, 1.54) is 6.07 Å². The minimum absolute atomic E-state index is 0.0666. The van der Waals surface area contributed by atoms with Gasteiger partial charge in [0.05, 0.1) is 0 Å². The van der Waals surface area contributed by atoms with E-state index in [1.807, 2.05) is 6.92 Å². The van der Waals surface area contributed by atoms with Crippen molar-refractivity contribution in [1.82, 2.24) is 0 Å². The van der Waals surface area contributed by atoms with Crippen molar-refractivity contribution < 1.29 is 8.78 Å². The molecule has 0 aliphatic carbocycles. The monoisotopic (exact) mass is 166 g/mol. The number of halogens is 2. The number of alkyl halides is 2. The van der Waals surface area contributed by atoms with Crippen LogP contribution in [0.1, 0.15) is 23.1 Å². The van der Waals surface area contributed by atoms with Gasteiger partial charge in [0.15, 0.2) is 0 Å². The van der Waals surface area contributed by atoms with E-state index in [2.05, 4.69) is 5.92 Å². The van der Waals surface area contributed by atoms with E-state index in [0.717, 1.165) is 5.56 Å². The molecule has 0 aliphatic heterocycles. The number of rotatable bonds is 1. The summed E-state index contributed by atoms with van der Waals surface area (Å²) in [5, 5.41) is 0. The van der Waals surface area contributed by atoms with Crippen LogP contribution in [-0.4, -0.2) is 0 Å². The van der Waals surface area contributed by atoms with Crippen LogP contribution < -0.4 is 0 Å². The van der Waals surface area contributed by atoms with Crippen LogP contribution in [-0.2, 0) is 0 Å². The SMILES string of the molecule is C#Cc1cc(C)ccc1C(F)F. The van der Waals surface area contributed by atoms with Crippen molar-refractivity contribution in [3.8, 4) is 12.3 Å². The highest BCUT2D eigenvalue weighted by Gasteiger charge is 2.10. The summed E-state index contributed by atoms with van der Waals surface area (Å²) in [5.41, 5.74) is 1.11. The molecule has 62 valence electrons. The molecule has 0 fully saturated rings. The Hall–Kier alpha value is -1.36. The lowest BCUT2D eigenvalue weighted by molar-refractivity contribution is 0.151. The Morgan fingerprint density at radius 2 is 2.08 bits per heavy atom. The Balaban J connectivity index is 3.23. The molecule has 12 heavy (non-hydrogen) atoms. The van der Waals surface area contributed by atoms with Crippen molar-refractivity contribution in [2.45, 2.75) is 13.3 Å². The van der Waals surface area contributed by atoms with Crippen molar-refractivity contribution in [3.05, 3.63) is 34.9 Å². The zero-order valence-corrected chi connectivity index (χ0v) is 6.64. The summed E-state index contributed by atoms with van der Waals surface area (Å²) in [6.45, 7) is 1.82. The predicted octanol–water partition coefficient (Wildman–Crippen LogP) is 2.91. The first-order valence-electron chi connectivity index (χ1n) is 3.50. The predicted molar refractivity (Wildman–Crippen MR) is 44.1 cm³/mol. The molecule has 0 bridgehead atoms. The molecule has 0 N–H and O–H groups in total. The van der Waals surface area contributed by atoms with E-state index in [-0.39, 0.29) is 11.1 Å². The molecule has 0 nitrogen and oxygen atoms in total. The highest BCUT2D eigenvalue weighted by Crippen LogP contribution is 2.22. The topological polar surface area (TPSA) is 0 Å². The molecular formula is C10H8F2. The molecule has 0 saturated heterocycles. The molecule has 1 rings (SSSR count). The van der Waals surface area contributed by atoms with Crippen LogP contribution in [0.15, 0.2) is 18.2 Å². The Labute approximate surface area is 70.2 Å². The minimum Gasteiger partial charge on any atom is -0.205 e. The van der Waals surface area contributed by atoms with Gasteiger partial charge in [0.25, 0.3) is 6.43 Å². The zero-order chi connectivity index (χ0) is 9.14. The summed E-state index contributed by atoms with van der Waals surface area (Å²) >= 11 is 0. The van der Waals surface area contributed by atoms with Crippen molar-refractivity contribution in [3.63, 3.8) is 0 Å². The van der Waals surface area contributed by atoms with E-state index < -0.39 is 6.43 Å². The second-order valence-corrected chi connectivity index (χ2v) is 2.54. The molecule has 0 spiro atoms. The van der Waals surface area contributed by atoms with Crippen molar-refractivity contribution in [2.75, 3.05) is 0 Å². The largest absolute Gasteiger partial charge is 0.265 e. The average molecular weight is 166 g/mol. The van der Waals surface area contributed by atoms with Crippen LogP contribution in [0.5, 0.6) is 0 Å². The smallest absolute Gasteiger partial charge is 0.205 e. The average Bonchev–Trinajstić information content (AvgIpc) is 2.03. The lowest BCUT2D eigenvalue weighted by Crippen LogP contribution is -1.90. The Morgan fingerprint density at radius 3 is 2.58 bits per heavy atom. The van der Waals surface area contributed by atoms with Crippen LogP contribution in [0, 0.1) is 19.3 Å². The molecule has 0 unspecified atom stereocenters. The normalized spacial score (nSPS) is 9.92. The summed E-state index contributed by atoms with van der Waals surface area (Å²) in [4.78, 5) is 0. The van der Waals surface area contributed by atoms with Crippen LogP contribution >= 0.6 is 0 Å². The summed E-state index contributed by atoms with van der Waals surface area (Å²) in [7, 11) is 0.